The van der Waals surface area contributed by atoms with Gasteiger partial charge in [-0.2, -0.15) is 0 Å². The maximum atomic E-state index is 6.45. The molecule has 0 aliphatic rings. The Kier molecular flexibility index (Phi) is 3.63. The fraction of sp³-hybridized carbons (Fsp3) is 0.125. The van der Waals surface area contributed by atoms with E-state index < -0.39 is 0 Å². The van der Waals surface area contributed by atoms with Gasteiger partial charge in [-0.05, 0) is 36.2 Å². The molecule has 1 heterocycles. The van der Waals surface area contributed by atoms with E-state index in [-0.39, 0.29) is 5.38 Å². The van der Waals surface area contributed by atoms with Crippen molar-refractivity contribution in [2.45, 2.75) is 11.8 Å². The van der Waals surface area contributed by atoms with Crippen LogP contribution in [0.15, 0.2) is 63.5 Å². The number of benzene rings is 2. The first-order chi connectivity index (χ1) is 9.22. The average Bonchev–Trinajstić information content (AvgIpc) is 2.85. The number of para-hydroxylation sites is 1. The van der Waals surface area contributed by atoms with Crippen LogP contribution in [-0.4, -0.2) is 0 Å². The van der Waals surface area contributed by atoms with Gasteiger partial charge in [-0.25, -0.2) is 0 Å². The Labute approximate surface area is 125 Å². The highest BCUT2D eigenvalue weighted by molar-refractivity contribution is 9.10. The van der Waals surface area contributed by atoms with Gasteiger partial charge in [0.1, 0.15) is 11.3 Å². The molecular formula is C16H12BrClO. The first-order valence-corrected chi connectivity index (χ1v) is 7.32. The molecule has 0 saturated carbocycles. The van der Waals surface area contributed by atoms with E-state index in [9.17, 15) is 0 Å². The van der Waals surface area contributed by atoms with Crippen molar-refractivity contribution in [2.24, 2.45) is 0 Å². The molecule has 0 N–H and O–H groups in total. The summed E-state index contributed by atoms with van der Waals surface area (Å²) in [4.78, 5) is 0. The van der Waals surface area contributed by atoms with Crippen molar-refractivity contribution >= 4 is 38.5 Å². The standard InChI is InChI=1S/C16H12BrClO/c17-13-7-5-11(6-8-13)9-14(18)16-10-12-3-1-2-4-15(12)19-16/h1-8,10,14H,9H2. The lowest BCUT2D eigenvalue weighted by Gasteiger charge is -2.06. The Balaban J connectivity index is 1.83. The van der Waals surface area contributed by atoms with Gasteiger partial charge in [0.15, 0.2) is 0 Å². The van der Waals surface area contributed by atoms with Crippen LogP contribution in [0.3, 0.4) is 0 Å². The summed E-state index contributed by atoms with van der Waals surface area (Å²) in [6, 6.07) is 18.2. The molecule has 0 radical (unpaired) electrons. The van der Waals surface area contributed by atoms with Crippen LogP contribution in [0.2, 0.25) is 0 Å². The van der Waals surface area contributed by atoms with Crippen LogP contribution in [0.1, 0.15) is 16.7 Å². The van der Waals surface area contributed by atoms with Crippen LogP contribution < -0.4 is 0 Å². The van der Waals surface area contributed by atoms with Gasteiger partial charge < -0.3 is 4.42 Å². The second-order valence-corrected chi connectivity index (χ2v) is 5.93. The summed E-state index contributed by atoms with van der Waals surface area (Å²) in [6.45, 7) is 0. The van der Waals surface area contributed by atoms with Gasteiger partial charge in [0, 0.05) is 9.86 Å². The summed E-state index contributed by atoms with van der Waals surface area (Å²) < 4.78 is 6.86. The lowest BCUT2D eigenvalue weighted by Crippen LogP contribution is -1.93. The van der Waals surface area contributed by atoms with Crippen LogP contribution in [0, 0.1) is 0 Å². The topological polar surface area (TPSA) is 13.1 Å². The van der Waals surface area contributed by atoms with E-state index in [0.29, 0.717) is 0 Å². The van der Waals surface area contributed by atoms with E-state index in [0.717, 1.165) is 27.6 Å². The van der Waals surface area contributed by atoms with Crippen molar-refractivity contribution in [2.75, 3.05) is 0 Å². The molecule has 3 heteroatoms. The SMILES string of the molecule is ClC(Cc1ccc(Br)cc1)c1cc2ccccc2o1. The normalized spacial score (nSPS) is 12.7. The minimum absolute atomic E-state index is 0.145. The molecule has 1 atom stereocenters. The molecule has 2 aromatic carbocycles. The fourth-order valence-electron chi connectivity index (χ4n) is 2.08. The fourth-order valence-corrected chi connectivity index (χ4v) is 2.63. The zero-order valence-corrected chi connectivity index (χ0v) is 12.5. The van der Waals surface area contributed by atoms with Gasteiger partial charge in [-0.15, -0.1) is 11.6 Å². The molecule has 0 amide bonds. The molecule has 19 heavy (non-hydrogen) atoms. The molecule has 96 valence electrons. The molecule has 3 rings (SSSR count). The number of hydrogen-bond donors (Lipinski definition) is 0. The van der Waals surface area contributed by atoms with E-state index >= 15 is 0 Å². The molecule has 1 nitrogen and oxygen atoms in total. The molecule has 1 unspecified atom stereocenters. The number of furan rings is 1. The van der Waals surface area contributed by atoms with Crippen LogP contribution in [-0.2, 0) is 6.42 Å². The van der Waals surface area contributed by atoms with Gasteiger partial charge in [-0.3, -0.25) is 0 Å². The number of rotatable bonds is 3. The maximum absolute atomic E-state index is 6.45. The third kappa shape index (κ3) is 2.85. The molecule has 1 aromatic heterocycles. The van der Waals surface area contributed by atoms with E-state index in [4.69, 9.17) is 16.0 Å². The third-order valence-electron chi connectivity index (χ3n) is 3.08. The van der Waals surface area contributed by atoms with Crippen LogP contribution >= 0.6 is 27.5 Å². The molecule has 3 aromatic rings. The summed E-state index contributed by atoms with van der Waals surface area (Å²) >= 11 is 9.87. The first kappa shape index (κ1) is 12.8. The Morgan fingerprint density at radius 1 is 1.05 bits per heavy atom. The van der Waals surface area contributed by atoms with Gasteiger partial charge in [0.05, 0.1) is 5.38 Å². The van der Waals surface area contributed by atoms with Gasteiger partial charge in [0.2, 0.25) is 0 Å². The highest BCUT2D eigenvalue weighted by Gasteiger charge is 2.14. The third-order valence-corrected chi connectivity index (χ3v) is 3.98. The Bertz CT molecular complexity index is 654. The second-order valence-electron chi connectivity index (χ2n) is 4.48. The van der Waals surface area contributed by atoms with Crippen molar-refractivity contribution in [1.82, 2.24) is 0 Å². The van der Waals surface area contributed by atoms with Crippen molar-refractivity contribution in [1.29, 1.82) is 0 Å². The van der Waals surface area contributed by atoms with Gasteiger partial charge in [0.25, 0.3) is 0 Å². The summed E-state index contributed by atoms with van der Waals surface area (Å²) in [5, 5.41) is 0.951. The number of hydrogen-bond acceptors (Lipinski definition) is 1. The van der Waals surface area contributed by atoms with Crippen molar-refractivity contribution in [3.63, 3.8) is 0 Å². The average molecular weight is 336 g/mol. The number of alkyl halides is 1. The minimum Gasteiger partial charge on any atom is -0.459 e. The summed E-state index contributed by atoms with van der Waals surface area (Å²) in [5.41, 5.74) is 2.09. The van der Waals surface area contributed by atoms with Gasteiger partial charge >= 0.3 is 0 Å². The lowest BCUT2D eigenvalue weighted by atomic mass is 10.1. The van der Waals surface area contributed by atoms with E-state index in [1.807, 2.05) is 42.5 Å². The maximum Gasteiger partial charge on any atom is 0.134 e. The molecular weight excluding hydrogens is 324 g/mol. The summed E-state index contributed by atoms with van der Waals surface area (Å²) in [7, 11) is 0. The monoisotopic (exact) mass is 334 g/mol. The van der Waals surface area contributed by atoms with Crippen molar-refractivity contribution in [3.05, 3.63) is 70.4 Å². The second kappa shape index (κ2) is 5.40. The molecule has 0 fully saturated rings. The highest BCUT2D eigenvalue weighted by Crippen LogP contribution is 2.30. The highest BCUT2D eigenvalue weighted by atomic mass is 79.9. The van der Waals surface area contributed by atoms with Crippen molar-refractivity contribution < 1.29 is 4.42 Å². The Hall–Kier alpha value is -1.25. The first-order valence-electron chi connectivity index (χ1n) is 6.09. The molecule has 0 bridgehead atoms. The number of fused-ring (bicyclic) bond motifs is 1. The Morgan fingerprint density at radius 2 is 1.79 bits per heavy atom. The predicted molar refractivity (Wildman–Crippen MR) is 82.7 cm³/mol. The van der Waals surface area contributed by atoms with Crippen LogP contribution in [0.5, 0.6) is 0 Å². The molecule has 0 spiro atoms. The Morgan fingerprint density at radius 3 is 2.53 bits per heavy atom. The zero-order chi connectivity index (χ0) is 13.2. The van der Waals surface area contributed by atoms with E-state index in [2.05, 4.69) is 28.1 Å². The molecule has 0 saturated heterocycles. The quantitative estimate of drug-likeness (QED) is 0.558. The smallest absolute Gasteiger partial charge is 0.134 e. The molecule has 0 aliphatic heterocycles. The predicted octanol–water partition coefficient (Wildman–Crippen LogP) is 5.72. The van der Waals surface area contributed by atoms with Crippen LogP contribution in [0.4, 0.5) is 0 Å². The lowest BCUT2D eigenvalue weighted by molar-refractivity contribution is 0.540. The van der Waals surface area contributed by atoms with Crippen molar-refractivity contribution in [3.8, 4) is 0 Å². The summed E-state index contributed by atoms with van der Waals surface area (Å²) in [6.07, 6.45) is 0.759. The zero-order valence-electron chi connectivity index (χ0n) is 10.1. The minimum atomic E-state index is -0.145. The van der Waals surface area contributed by atoms with E-state index in [1.54, 1.807) is 0 Å². The van der Waals surface area contributed by atoms with Crippen LogP contribution in [0.25, 0.3) is 11.0 Å². The summed E-state index contributed by atoms with van der Waals surface area (Å²) in [5.74, 6) is 0.825. The van der Waals surface area contributed by atoms with Gasteiger partial charge in [-0.1, -0.05) is 46.3 Å². The number of halogens is 2. The largest absolute Gasteiger partial charge is 0.459 e. The van der Waals surface area contributed by atoms with E-state index in [1.165, 1.54) is 5.56 Å². The molecule has 0 aliphatic carbocycles.